The summed E-state index contributed by atoms with van der Waals surface area (Å²) in [5.41, 5.74) is -2.98. The summed E-state index contributed by atoms with van der Waals surface area (Å²) in [6.45, 7) is 0.329. The minimum Gasteiger partial charge on any atom is -0.340 e. The zero-order chi connectivity index (χ0) is 18.8. The number of amides is 1. The zero-order valence-electron chi connectivity index (χ0n) is 13.9. The summed E-state index contributed by atoms with van der Waals surface area (Å²) in [6.07, 6.45) is -7.43. The maximum atomic E-state index is 12.9. The number of hydrogen-bond acceptors (Lipinski definition) is 2. The van der Waals surface area contributed by atoms with Gasteiger partial charge in [0.1, 0.15) is 0 Å². The van der Waals surface area contributed by atoms with Gasteiger partial charge in [0.2, 0.25) is 5.91 Å². The van der Waals surface area contributed by atoms with Gasteiger partial charge in [0, 0.05) is 13.6 Å². The molecule has 0 aliphatic carbocycles. The average molecular weight is 405 g/mol. The van der Waals surface area contributed by atoms with Gasteiger partial charge in [-0.25, -0.2) is 0 Å². The van der Waals surface area contributed by atoms with Gasteiger partial charge in [-0.2, -0.15) is 26.3 Å². The van der Waals surface area contributed by atoms with E-state index in [0.717, 1.165) is 17.7 Å². The highest BCUT2D eigenvalue weighted by atomic mass is 35.5. The molecule has 1 atom stereocenters. The van der Waals surface area contributed by atoms with Crippen LogP contribution < -0.4 is 5.32 Å². The molecule has 0 aromatic heterocycles. The molecule has 148 valence electrons. The fourth-order valence-corrected chi connectivity index (χ4v) is 2.79. The van der Waals surface area contributed by atoms with Crippen molar-refractivity contribution in [1.29, 1.82) is 0 Å². The largest absolute Gasteiger partial charge is 0.416 e. The number of likely N-dealkylation sites (N-methyl/N-ethyl adjacent to an activating group) is 1. The van der Waals surface area contributed by atoms with Crippen molar-refractivity contribution in [2.45, 2.75) is 44.2 Å². The third kappa shape index (κ3) is 5.77. The van der Waals surface area contributed by atoms with Crippen LogP contribution in [0, 0.1) is 0 Å². The highest BCUT2D eigenvalue weighted by Gasteiger charge is 2.37. The van der Waals surface area contributed by atoms with E-state index in [1.54, 1.807) is 0 Å². The van der Waals surface area contributed by atoms with Crippen LogP contribution in [0.15, 0.2) is 18.2 Å². The molecule has 1 saturated heterocycles. The quantitative estimate of drug-likeness (QED) is 0.764. The SMILES string of the molecule is CN(Cc1cc(C(F)(F)F)cc(C(F)(F)F)c1)C(=O)C1CCCCN1.Cl. The van der Waals surface area contributed by atoms with Gasteiger partial charge in [0.05, 0.1) is 17.2 Å². The van der Waals surface area contributed by atoms with Crippen molar-refractivity contribution in [2.24, 2.45) is 0 Å². The number of nitrogens with one attached hydrogen (secondary N) is 1. The summed E-state index contributed by atoms with van der Waals surface area (Å²) in [5.74, 6) is -0.342. The second-order valence-corrected chi connectivity index (χ2v) is 6.11. The van der Waals surface area contributed by atoms with Crippen molar-refractivity contribution in [3.8, 4) is 0 Å². The third-order valence-electron chi connectivity index (χ3n) is 4.05. The normalized spacial score (nSPS) is 18.2. The average Bonchev–Trinajstić information content (AvgIpc) is 2.53. The maximum Gasteiger partial charge on any atom is 0.416 e. The van der Waals surface area contributed by atoms with Crippen LogP contribution >= 0.6 is 12.4 Å². The molecule has 0 radical (unpaired) electrons. The Kier molecular flexibility index (Phi) is 7.35. The van der Waals surface area contributed by atoms with E-state index in [2.05, 4.69) is 5.32 Å². The molecule has 2 rings (SSSR count). The zero-order valence-corrected chi connectivity index (χ0v) is 14.7. The maximum absolute atomic E-state index is 12.9. The van der Waals surface area contributed by atoms with Gasteiger partial charge >= 0.3 is 12.4 Å². The molecule has 1 aromatic carbocycles. The van der Waals surface area contributed by atoms with Gasteiger partial charge in [-0.15, -0.1) is 12.4 Å². The molecule has 0 bridgehead atoms. The molecule has 1 fully saturated rings. The van der Waals surface area contributed by atoms with E-state index < -0.39 is 29.5 Å². The Morgan fingerprint density at radius 3 is 2.04 bits per heavy atom. The predicted octanol–water partition coefficient (Wildman–Crippen LogP) is 4.25. The van der Waals surface area contributed by atoms with Gasteiger partial charge < -0.3 is 10.2 Å². The van der Waals surface area contributed by atoms with Gasteiger partial charge in [-0.1, -0.05) is 6.42 Å². The molecule has 1 amide bonds. The molecule has 1 heterocycles. The van der Waals surface area contributed by atoms with Crippen molar-refractivity contribution >= 4 is 18.3 Å². The van der Waals surface area contributed by atoms with E-state index in [9.17, 15) is 31.1 Å². The van der Waals surface area contributed by atoms with E-state index in [1.165, 1.54) is 7.05 Å². The van der Waals surface area contributed by atoms with Gasteiger partial charge in [-0.05, 0) is 43.1 Å². The number of halogens is 7. The van der Waals surface area contributed by atoms with E-state index >= 15 is 0 Å². The number of nitrogens with zero attached hydrogens (tertiary/aromatic N) is 1. The summed E-state index contributed by atoms with van der Waals surface area (Å²) >= 11 is 0. The molecular weight excluding hydrogens is 386 g/mol. The second kappa shape index (κ2) is 8.47. The number of hydrogen-bond donors (Lipinski definition) is 1. The smallest absolute Gasteiger partial charge is 0.340 e. The van der Waals surface area contributed by atoms with Crippen molar-refractivity contribution in [2.75, 3.05) is 13.6 Å². The van der Waals surface area contributed by atoms with Crippen LogP contribution in [0.25, 0.3) is 0 Å². The minimum atomic E-state index is -4.90. The molecule has 10 heteroatoms. The lowest BCUT2D eigenvalue weighted by Crippen LogP contribution is -2.47. The van der Waals surface area contributed by atoms with Crippen molar-refractivity contribution < 1.29 is 31.1 Å². The van der Waals surface area contributed by atoms with Crippen LogP contribution in [0.4, 0.5) is 26.3 Å². The van der Waals surface area contributed by atoms with Crippen molar-refractivity contribution in [3.05, 3.63) is 34.9 Å². The van der Waals surface area contributed by atoms with Gasteiger partial charge in [-0.3, -0.25) is 4.79 Å². The summed E-state index contributed by atoms with van der Waals surface area (Å²) < 4.78 is 77.2. The van der Waals surface area contributed by atoms with E-state index in [0.29, 0.717) is 25.1 Å². The number of alkyl halides is 6. The molecule has 1 unspecified atom stereocenters. The number of piperidine rings is 1. The first kappa shape index (κ1) is 22.6. The molecule has 26 heavy (non-hydrogen) atoms. The third-order valence-corrected chi connectivity index (χ3v) is 4.05. The van der Waals surface area contributed by atoms with Gasteiger partial charge in [0.25, 0.3) is 0 Å². The summed E-state index contributed by atoms with van der Waals surface area (Å²) in [7, 11) is 1.37. The molecule has 1 N–H and O–H groups in total. The second-order valence-electron chi connectivity index (χ2n) is 6.11. The Morgan fingerprint density at radius 2 is 1.62 bits per heavy atom. The lowest BCUT2D eigenvalue weighted by Gasteiger charge is -2.28. The molecular formula is C16H19ClF6N2O. The molecule has 1 aromatic rings. The summed E-state index contributed by atoms with van der Waals surface area (Å²) in [6, 6.07) is 0.918. The summed E-state index contributed by atoms with van der Waals surface area (Å²) in [4.78, 5) is 13.4. The Morgan fingerprint density at radius 1 is 1.08 bits per heavy atom. The Balaban J connectivity index is 0.00000338. The first-order chi connectivity index (χ1) is 11.5. The number of rotatable bonds is 3. The van der Waals surface area contributed by atoms with Crippen LogP contribution in [0.5, 0.6) is 0 Å². The number of benzene rings is 1. The van der Waals surface area contributed by atoms with E-state index in [1.807, 2.05) is 0 Å². The molecule has 1 aliphatic heterocycles. The van der Waals surface area contributed by atoms with Crippen LogP contribution in [0.1, 0.15) is 36.0 Å². The molecule has 0 spiro atoms. The lowest BCUT2D eigenvalue weighted by atomic mass is 10.0. The molecule has 3 nitrogen and oxygen atoms in total. The molecule has 1 aliphatic rings. The van der Waals surface area contributed by atoms with E-state index in [4.69, 9.17) is 0 Å². The highest BCUT2D eigenvalue weighted by molar-refractivity contribution is 5.85. The predicted molar refractivity (Wildman–Crippen MR) is 85.8 cm³/mol. The van der Waals surface area contributed by atoms with Crippen LogP contribution in [-0.2, 0) is 23.7 Å². The van der Waals surface area contributed by atoms with Crippen LogP contribution in [0.3, 0.4) is 0 Å². The number of carbonyl (C=O) groups excluding carboxylic acids is 1. The van der Waals surface area contributed by atoms with Crippen molar-refractivity contribution in [1.82, 2.24) is 10.2 Å². The first-order valence-corrected chi connectivity index (χ1v) is 7.75. The fraction of sp³-hybridized carbons (Fsp3) is 0.562. The monoisotopic (exact) mass is 404 g/mol. The van der Waals surface area contributed by atoms with Crippen LogP contribution in [0.2, 0.25) is 0 Å². The topological polar surface area (TPSA) is 32.3 Å². The fourth-order valence-electron chi connectivity index (χ4n) is 2.79. The summed E-state index contributed by atoms with van der Waals surface area (Å²) in [5, 5.41) is 3.01. The number of carbonyl (C=O) groups is 1. The first-order valence-electron chi connectivity index (χ1n) is 7.75. The lowest BCUT2D eigenvalue weighted by molar-refractivity contribution is -0.143. The highest BCUT2D eigenvalue weighted by Crippen LogP contribution is 2.36. The van der Waals surface area contributed by atoms with E-state index in [-0.39, 0.29) is 36.5 Å². The standard InChI is InChI=1S/C16H18F6N2O.ClH/c1-24(14(25)13-4-2-3-5-23-13)9-10-6-11(15(17,18)19)8-12(7-10)16(20,21)22;/h6-8,13,23H,2-5,9H2,1H3;1H. The van der Waals surface area contributed by atoms with Gasteiger partial charge in [0.15, 0.2) is 0 Å². The molecule has 0 saturated carbocycles. The minimum absolute atomic E-state index is 0. The Bertz CT molecular complexity index is 594. The van der Waals surface area contributed by atoms with Crippen molar-refractivity contribution in [3.63, 3.8) is 0 Å². The Hall–Kier alpha value is -1.48. The Labute approximate surface area is 153 Å². The van der Waals surface area contributed by atoms with Crippen LogP contribution in [-0.4, -0.2) is 30.4 Å².